The van der Waals surface area contributed by atoms with Crippen LogP contribution in [0.1, 0.15) is 13.8 Å². The lowest BCUT2D eigenvalue weighted by Gasteiger charge is -2.40. The van der Waals surface area contributed by atoms with Gasteiger partial charge in [-0.2, -0.15) is 0 Å². The van der Waals surface area contributed by atoms with Crippen molar-refractivity contribution in [3.05, 3.63) is 0 Å². The quantitative estimate of drug-likeness (QED) is 0.596. The Morgan fingerprint density at radius 2 is 2.00 bits per heavy atom. The van der Waals surface area contributed by atoms with Crippen LogP contribution in [0.15, 0.2) is 0 Å². The van der Waals surface area contributed by atoms with Crippen molar-refractivity contribution in [2.45, 2.75) is 37.6 Å². The Kier molecular flexibility index (Phi) is 2.50. The van der Waals surface area contributed by atoms with E-state index in [4.69, 9.17) is 18.9 Å². The molecule has 1 N–H and O–H groups in total. The molecule has 0 aliphatic carbocycles. The number of ketones is 1. The minimum absolute atomic E-state index is 0.0116. The maximum atomic E-state index is 12.4. The topological polar surface area (TPSA) is 83.1 Å². The Hall–Kier alpha value is -1.02. The first-order chi connectivity index (χ1) is 8.42. The molecule has 0 unspecified atom stereocenters. The largest absolute Gasteiger partial charge is 0.348 e. The molecule has 3 aliphatic rings. The van der Waals surface area contributed by atoms with Crippen LogP contribution in [0.25, 0.3) is 0 Å². The highest BCUT2D eigenvalue weighted by molar-refractivity contribution is 5.93. The third kappa shape index (κ3) is 1.74. The molecule has 7 heteroatoms. The molecule has 3 atom stereocenters. The molecule has 1 spiro atoms. The molecule has 0 radical (unpaired) electrons. The number of carbonyl (C=O) groups excluding carboxylic acids is 2. The van der Waals surface area contributed by atoms with Crippen LogP contribution in [0.4, 0.5) is 0 Å². The lowest BCUT2D eigenvalue weighted by Crippen LogP contribution is -2.66. The monoisotopic (exact) mass is 257 g/mol. The van der Waals surface area contributed by atoms with Gasteiger partial charge in [-0.1, -0.05) is 0 Å². The van der Waals surface area contributed by atoms with Gasteiger partial charge in [-0.3, -0.25) is 9.59 Å². The van der Waals surface area contributed by atoms with Gasteiger partial charge in [0, 0.05) is 0 Å². The van der Waals surface area contributed by atoms with E-state index < -0.39 is 23.8 Å². The molecule has 3 saturated heterocycles. The van der Waals surface area contributed by atoms with Crippen LogP contribution in [0.5, 0.6) is 0 Å². The van der Waals surface area contributed by atoms with Gasteiger partial charge in [-0.15, -0.1) is 0 Å². The van der Waals surface area contributed by atoms with Gasteiger partial charge in [0.2, 0.25) is 17.5 Å². The second-order valence-corrected chi connectivity index (χ2v) is 5.09. The van der Waals surface area contributed by atoms with Gasteiger partial charge in [0.1, 0.15) is 12.7 Å². The minimum atomic E-state index is -1.42. The van der Waals surface area contributed by atoms with Gasteiger partial charge in [-0.05, 0) is 13.8 Å². The number of rotatable bonds is 0. The van der Waals surface area contributed by atoms with Crippen LogP contribution < -0.4 is 5.32 Å². The van der Waals surface area contributed by atoms with Crippen LogP contribution in [-0.4, -0.2) is 55.2 Å². The minimum Gasteiger partial charge on any atom is -0.348 e. The molecular weight excluding hydrogens is 242 g/mol. The summed E-state index contributed by atoms with van der Waals surface area (Å²) in [7, 11) is 0. The molecule has 3 heterocycles. The van der Waals surface area contributed by atoms with E-state index in [-0.39, 0.29) is 31.4 Å². The highest BCUT2D eigenvalue weighted by Crippen LogP contribution is 2.36. The van der Waals surface area contributed by atoms with E-state index in [0.29, 0.717) is 0 Å². The SMILES string of the molecule is CC1(C)O[C@@H]2CO[C@]3(CNC(=O)CO3)C(=O)[C@@H]2O1. The van der Waals surface area contributed by atoms with Crippen LogP contribution >= 0.6 is 0 Å². The highest BCUT2D eigenvalue weighted by atomic mass is 16.8. The lowest BCUT2D eigenvalue weighted by molar-refractivity contribution is -0.257. The summed E-state index contributed by atoms with van der Waals surface area (Å²) in [6.07, 6.45) is -1.12. The van der Waals surface area contributed by atoms with E-state index in [1.54, 1.807) is 13.8 Å². The summed E-state index contributed by atoms with van der Waals surface area (Å²) >= 11 is 0. The van der Waals surface area contributed by atoms with E-state index in [1.165, 1.54) is 0 Å². The fourth-order valence-corrected chi connectivity index (χ4v) is 2.43. The fraction of sp³-hybridized carbons (Fsp3) is 0.818. The number of hydrogen-bond acceptors (Lipinski definition) is 6. The molecule has 18 heavy (non-hydrogen) atoms. The standard InChI is InChI=1S/C11H15NO6/c1-10(2)17-6-3-15-11(9(14)8(6)18-10)5-12-7(13)4-16-11/h6,8H,3-5H2,1-2H3,(H,12,13)/t6-,8-,11+/m1/s1. The van der Waals surface area contributed by atoms with E-state index in [1.807, 2.05) is 0 Å². The zero-order valence-electron chi connectivity index (χ0n) is 10.2. The van der Waals surface area contributed by atoms with Crippen molar-refractivity contribution >= 4 is 11.7 Å². The number of fused-ring (bicyclic) bond motifs is 1. The Labute approximate surface area is 104 Å². The first-order valence-electron chi connectivity index (χ1n) is 5.86. The summed E-state index contributed by atoms with van der Waals surface area (Å²) in [4.78, 5) is 23.4. The molecule has 7 nitrogen and oxygen atoms in total. The summed E-state index contributed by atoms with van der Waals surface area (Å²) in [5.74, 6) is -2.82. The number of Topliss-reactive ketones (excluding diaryl/α,β-unsaturated/α-hetero) is 1. The summed E-state index contributed by atoms with van der Waals surface area (Å²) in [6.45, 7) is 3.52. The Bertz CT molecular complexity index is 396. The average Bonchev–Trinajstić information content (AvgIpc) is 2.63. The Morgan fingerprint density at radius 1 is 1.22 bits per heavy atom. The van der Waals surface area contributed by atoms with Crippen LogP contribution in [0.2, 0.25) is 0 Å². The molecule has 0 aromatic heterocycles. The molecule has 1 amide bonds. The van der Waals surface area contributed by atoms with Crippen molar-refractivity contribution in [1.29, 1.82) is 0 Å². The van der Waals surface area contributed by atoms with Gasteiger partial charge in [0.25, 0.3) is 0 Å². The molecule has 100 valence electrons. The molecular formula is C11H15NO6. The molecule has 0 aromatic rings. The smallest absolute Gasteiger partial charge is 0.250 e. The summed E-state index contributed by atoms with van der Waals surface area (Å²) in [6, 6.07) is 0. The number of amides is 1. The maximum Gasteiger partial charge on any atom is 0.250 e. The van der Waals surface area contributed by atoms with Gasteiger partial charge in [0.15, 0.2) is 11.9 Å². The molecule has 0 bridgehead atoms. The van der Waals surface area contributed by atoms with Crippen molar-refractivity contribution in [3.8, 4) is 0 Å². The van der Waals surface area contributed by atoms with Crippen molar-refractivity contribution in [2.24, 2.45) is 0 Å². The zero-order chi connectivity index (χ0) is 13.0. The first kappa shape index (κ1) is 12.0. The van der Waals surface area contributed by atoms with E-state index in [0.717, 1.165) is 0 Å². The third-order valence-corrected chi connectivity index (χ3v) is 3.25. The predicted molar refractivity (Wildman–Crippen MR) is 56.5 cm³/mol. The van der Waals surface area contributed by atoms with Gasteiger partial charge < -0.3 is 24.3 Å². The highest BCUT2D eigenvalue weighted by Gasteiger charge is 2.58. The number of hydrogen-bond donors (Lipinski definition) is 1. The second kappa shape index (κ2) is 3.74. The van der Waals surface area contributed by atoms with E-state index in [9.17, 15) is 9.59 Å². The van der Waals surface area contributed by atoms with E-state index >= 15 is 0 Å². The number of carbonyl (C=O) groups is 2. The van der Waals surface area contributed by atoms with Gasteiger partial charge in [-0.25, -0.2) is 0 Å². The van der Waals surface area contributed by atoms with Crippen molar-refractivity contribution < 1.29 is 28.5 Å². The summed E-state index contributed by atoms with van der Waals surface area (Å²) in [5.41, 5.74) is 0. The van der Waals surface area contributed by atoms with Crippen molar-refractivity contribution in [2.75, 3.05) is 19.8 Å². The third-order valence-electron chi connectivity index (χ3n) is 3.25. The summed E-state index contributed by atoms with van der Waals surface area (Å²) < 4.78 is 21.9. The second-order valence-electron chi connectivity index (χ2n) is 5.09. The molecule has 3 aliphatic heterocycles. The number of morpholine rings is 1. The average molecular weight is 257 g/mol. The van der Waals surface area contributed by atoms with Crippen LogP contribution in [0.3, 0.4) is 0 Å². The molecule has 3 rings (SSSR count). The van der Waals surface area contributed by atoms with Crippen molar-refractivity contribution in [3.63, 3.8) is 0 Å². The lowest BCUT2D eigenvalue weighted by atomic mass is 9.98. The fourth-order valence-electron chi connectivity index (χ4n) is 2.43. The van der Waals surface area contributed by atoms with Crippen molar-refractivity contribution in [1.82, 2.24) is 5.32 Å². The Balaban J connectivity index is 1.81. The molecule has 0 aromatic carbocycles. The van der Waals surface area contributed by atoms with E-state index in [2.05, 4.69) is 5.32 Å². The number of ether oxygens (including phenoxy) is 4. The van der Waals surface area contributed by atoms with Crippen LogP contribution in [0, 0.1) is 0 Å². The molecule has 0 saturated carbocycles. The zero-order valence-corrected chi connectivity index (χ0v) is 10.2. The summed E-state index contributed by atoms with van der Waals surface area (Å²) in [5, 5.41) is 2.57. The van der Waals surface area contributed by atoms with Gasteiger partial charge in [0.05, 0.1) is 13.2 Å². The first-order valence-corrected chi connectivity index (χ1v) is 5.86. The van der Waals surface area contributed by atoms with Crippen LogP contribution in [-0.2, 0) is 28.5 Å². The Morgan fingerprint density at radius 3 is 2.67 bits per heavy atom. The normalized spacial score (nSPS) is 42.8. The predicted octanol–water partition coefficient (Wildman–Crippen LogP) is -1.05. The number of nitrogens with one attached hydrogen (secondary N) is 1. The molecule has 3 fully saturated rings. The van der Waals surface area contributed by atoms with Gasteiger partial charge >= 0.3 is 0 Å². The maximum absolute atomic E-state index is 12.4.